The Morgan fingerprint density at radius 2 is 1.95 bits per heavy atom. The number of quaternary nitrogens is 1. The highest BCUT2D eigenvalue weighted by atomic mass is 16.2. The van der Waals surface area contributed by atoms with Crippen LogP contribution in [-0.2, 0) is 4.79 Å². The summed E-state index contributed by atoms with van der Waals surface area (Å²) in [7, 11) is 0. The predicted molar refractivity (Wildman–Crippen MR) is 87.3 cm³/mol. The van der Waals surface area contributed by atoms with E-state index < -0.39 is 0 Å². The molecule has 4 nitrogen and oxygen atoms in total. The zero-order valence-electron chi connectivity index (χ0n) is 13.3. The van der Waals surface area contributed by atoms with E-state index in [2.05, 4.69) is 16.7 Å². The topological polar surface area (TPSA) is 69.5 Å². The Morgan fingerprint density at radius 3 is 2.64 bits per heavy atom. The summed E-state index contributed by atoms with van der Waals surface area (Å²) in [4.78, 5) is 12.3. The number of nitrogens with zero attached hydrogens (tertiary/aromatic N) is 1. The lowest BCUT2D eigenvalue weighted by Gasteiger charge is -2.21. The van der Waals surface area contributed by atoms with Gasteiger partial charge in [0.2, 0.25) is 0 Å². The lowest BCUT2D eigenvalue weighted by molar-refractivity contribution is -0.707. The molecule has 118 valence electrons. The Morgan fingerprint density at radius 1 is 1.27 bits per heavy atom. The van der Waals surface area contributed by atoms with E-state index in [0.29, 0.717) is 17.3 Å². The molecule has 1 atom stereocenters. The first-order valence-electron chi connectivity index (χ1n) is 8.35. The standard InChI is InChI=1S/C18H25N3O/c1-14(20-16-9-5-3-2-4-6-10-16)18(22)21-17-11-7-8-15(12-17)13-19/h7-8,11-12,14,16,20H,2-6,9-10H2,1H3,(H,21,22)/p+1/t14-/m0/s1. The van der Waals surface area contributed by atoms with Crippen LogP contribution in [0, 0.1) is 11.3 Å². The summed E-state index contributed by atoms with van der Waals surface area (Å²) in [5.74, 6) is 0.0112. The molecule has 2 rings (SSSR count). The highest BCUT2D eigenvalue weighted by Gasteiger charge is 2.22. The number of nitriles is 1. The van der Waals surface area contributed by atoms with E-state index in [9.17, 15) is 4.79 Å². The van der Waals surface area contributed by atoms with Crippen LogP contribution in [0.5, 0.6) is 0 Å². The Hall–Kier alpha value is -1.86. The fourth-order valence-electron chi connectivity index (χ4n) is 3.10. The minimum Gasteiger partial charge on any atom is -0.334 e. The van der Waals surface area contributed by atoms with E-state index >= 15 is 0 Å². The van der Waals surface area contributed by atoms with Gasteiger partial charge in [-0.25, -0.2) is 0 Å². The van der Waals surface area contributed by atoms with Crippen molar-refractivity contribution in [2.24, 2.45) is 0 Å². The van der Waals surface area contributed by atoms with Gasteiger partial charge in [0.15, 0.2) is 6.04 Å². The number of carbonyl (C=O) groups excluding carboxylic acids is 1. The first-order valence-corrected chi connectivity index (χ1v) is 8.35. The lowest BCUT2D eigenvalue weighted by Crippen LogP contribution is -2.96. The van der Waals surface area contributed by atoms with Crippen LogP contribution in [0.1, 0.15) is 57.4 Å². The maximum Gasteiger partial charge on any atom is 0.282 e. The van der Waals surface area contributed by atoms with Crippen LogP contribution < -0.4 is 10.6 Å². The molecule has 0 heterocycles. The molecule has 0 radical (unpaired) electrons. The number of amides is 1. The van der Waals surface area contributed by atoms with Gasteiger partial charge in [0.1, 0.15) is 0 Å². The molecule has 0 unspecified atom stereocenters. The van der Waals surface area contributed by atoms with Gasteiger partial charge in [-0.1, -0.05) is 25.3 Å². The smallest absolute Gasteiger partial charge is 0.282 e. The number of nitrogens with two attached hydrogens (primary N) is 1. The summed E-state index contributed by atoms with van der Waals surface area (Å²) in [6.45, 7) is 1.96. The largest absolute Gasteiger partial charge is 0.334 e. The Balaban J connectivity index is 1.86. The normalized spacial score (nSPS) is 17.8. The lowest BCUT2D eigenvalue weighted by atomic mass is 9.96. The van der Waals surface area contributed by atoms with Crippen LogP contribution in [0.25, 0.3) is 0 Å². The molecule has 1 saturated carbocycles. The van der Waals surface area contributed by atoms with Crippen molar-refractivity contribution < 1.29 is 10.1 Å². The molecule has 0 spiro atoms. The molecule has 4 heteroatoms. The molecular weight excluding hydrogens is 274 g/mol. The van der Waals surface area contributed by atoms with Crippen LogP contribution in [0.3, 0.4) is 0 Å². The van der Waals surface area contributed by atoms with Crippen molar-refractivity contribution in [2.75, 3.05) is 5.32 Å². The molecule has 1 aromatic rings. The SMILES string of the molecule is C[C@H]([NH2+]C1CCCCCCC1)C(=O)Nc1cccc(C#N)c1. The molecule has 0 aromatic heterocycles. The molecule has 22 heavy (non-hydrogen) atoms. The van der Waals surface area contributed by atoms with E-state index in [4.69, 9.17) is 5.26 Å². The van der Waals surface area contributed by atoms with Crippen molar-refractivity contribution in [3.63, 3.8) is 0 Å². The van der Waals surface area contributed by atoms with Gasteiger partial charge in [-0.15, -0.1) is 0 Å². The van der Waals surface area contributed by atoms with E-state index in [-0.39, 0.29) is 11.9 Å². The second kappa shape index (κ2) is 8.55. The van der Waals surface area contributed by atoms with E-state index in [1.807, 2.05) is 13.0 Å². The Labute approximate surface area is 132 Å². The summed E-state index contributed by atoms with van der Waals surface area (Å²) >= 11 is 0. The van der Waals surface area contributed by atoms with Crippen LogP contribution >= 0.6 is 0 Å². The zero-order valence-corrected chi connectivity index (χ0v) is 13.3. The van der Waals surface area contributed by atoms with Crippen LogP contribution in [0.15, 0.2) is 24.3 Å². The maximum absolute atomic E-state index is 12.3. The first kappa shape index (κ1) is 16.5. The van der Waals surface area contributed by atoms with Gasteiger partial charge < -0.3 is 10.6 Å². The molecule has 3 N–H and O–H groups in total. The third-order valence-corrected chi connectivity index (χ3v) is 4.38. The average Bonchev–Trinajstić information content (AvgIpc) is 2.49. The number of benzene rings is 1. The molecule has 0 saturated heterocycles. The summed E-state index contributed by atoms with van der Waals surface area (Å²) in [5.41, 5.74) is 1.26. The summed E-state index contributed by atoms with van der Waals surface area (Å²) in [6.07, 6.45) is 8.98. The van der Waals surface area contributed by atoms with Crippen molar-refractivity contribution in [3.8, 4) is 6.07 Å². The highest BCUT2D eigenvalue weighted by molar-refractivity contribution is 5.93. The van der Waals surface area contributed by atoms with Crippen molar-refractivity contribution in [2.45, 2.75) is 64.0 Å². The fourth-order valence-corrected chi connectivity index (χ4v) is 3.10. The minimum atomic E-state index is -0.102. The van der Waals surface area contributed by atoms with E-state index in [1.54, 1.807) is 18.2 Å². The fraction of sp³-hybridized carbons (Fsp3) is 0.556. The second-order valence-electron chi connectivity index (χ2n) is 6.27. The van der Waals surface area contributed by atoms with Crippen molar-refractivity contribution in [1.82, 2.24) is 0 Å². The van der Waals surface area contributed by atoms with Crippen LogP contribution in [-0.4, -0.2) is 18.0 Å². The highest BCUT2D eigenvalue weighted by Crippen LogP contribution is 2.15. The molecule has 1 aliphatic rings. The number of rotatable bonds is 4. The van der Waals surface area contributed by atoms with Gasteiger partial charge >= 0.3 is 0 Å². The second-order valence-corrected chi connectivity index (χ2v) is 6.27. The van der Waals surface area contributed by atoms with E-state index in [1.165, 1.54) is 44.9 Å². The predicted octanol–water partition coefficient (Wildman–Crippen LogP) is 2.56. The zero-order chi connectivity index (χ0) is 15.8. The summed E-state index contributed by atoms with van der Waals surface area (Å²) < 4.78 is 0. The van der Waals surface area contributed by atoms with Gasteiger partial charge in [0.05, 0.1) is 17.7 Å². The molecular formula is C18H26N3O+. The molecule has 1 aromatic carbocycles. The van der Waals surface area contributed by atoms with Crippen LogP contribution in [0.4, 0.5) is 5.69 Å². The number of nitrogens with one attached hydrogen (secondary N) is 1. The quantitative estimate of drug-likeness (QED) is 0.897. The third kappa shape index (κ3) is 5.16. The molecule has 0 aliphatic heterocycles. The van der Waals surface area contributed by atoms with E-state index in [0.717, 1.165) is 0 Å². The number of hydrogen-bond donors (Lipinski definition) is 2. The minimum absolute atomic E-state index is 0.0112. The number of anilines is 1. The number of carbonyl (C=O) groups is 1. The molecule has 0 bridgehead atoms. The number of hydrogen-bond acceptors (Lipinski definition) is 2. The van der Waals surface area contributed by atoms with Gasteiger partial charge in [0, 0.05) is 5.69 Å². The van der Waals surface area contributed by atoms with Gasteiger partial charge in [-0.2, -0.15) is 5.26 Å². The van der Waals surface area contributed by atoms with Gasteiger partial charge in [0.25, 0.3) is 5.91 Å². The summed E-state index contributed by atoms with van der Waals surface area (Å²) in [5, 5.41) is 14.0. The summed E-state index contributed by atoms with van der Waals surface area (Å²) in [6, 6.07) is 9.60. The Bertz CT molecular complexity index is 527. The van der Waals surface area contributed by atoms with Gasteiger partial charge in [-0.3, -0.25) is 4.79 Å². The van der Waals surface area contributed by atoms with Crippen LogP contribution in [0.2, 0.25) is 0 Å². The van der Waals surface area contributed by atoms with Crippen molar-refractivity contribution >= 4 is 11.6 Å². The average molecular weight is 300 g/mol. The molecule has 1 fully saturated rings. The Kier molecular flexibility index (Phi) is 6.42. The first-order chi connectivity index (χ1) is 10.7. The molecule has 1 amide bonds. The maximum atomic E-state index is 12.3. The monoisotopic (exact) mass is 300 g/mol. The van der Waals surface area contributed by atoms with Gasteiger partial charge in [-0.05, 0) is 50.8 Å². The van der Waals surface area contributed by atoms with Crippen molar-refractivity contribution in [1.29, 1.82) is 5.26 Å². The van der Waals surface area contributed by atoms with Crippen molar-refractivity contribution in [3.05, 3.63) is 29.8 Å². The molecule has 1 aliphatic carbocycles. The third-order valence-electron chi connectivity index (χ3n) is 4.38.